The molecule has 0 radical (unpaired) electrons. The van der Waals surface area contributed by atoms with E-state index in [2.05, 4.69) is 0 Å². The van der Waals surface area contributed by atoms with Gasteiger partial charge in [0.15, 0.2) is 0 Å². The third kappa shape index (κ3) is 16.7. The van der Waals surface area contributed by atoms with Gasteiger partial charge < -0.3 is 10.2 Å². The molecule has 0 amide bonds. The number of hydrogen-bond donors (Lipinski definition) is 2. The number of unbranched alkanes of at least 4 members (excludes halogenated alkanes) is 8. The molecule has 5 nitrogen and oxygen atoms in total. The van der Waals surface area contributed by atoms with E-state index < -0.39 is 11.9 Å². The molecular formula is C17H30O5. The summed E-state index contributed by atoms with van der Waals surface area (Å²) in [6, 6.07) is 0. The topological polar surface area (TPSA) is 91.7 Å². The lowest BCUT2D eigenvalue weighted by molar-refractivity contribution is -0.138. The highest BCUT2D eigenvalue weighted by atomic mass is 16.4. The molecule has 128 valence electrons. The van der Waals surface area contributed by atoms with Crippen molar-refractivity contribution in [1.29, 1.82) is 0 Å². The Morgan fingerprint density at radius 1 is 0.455 bits per heavy atom. The second-order valence-electron chi connectivity index (χ2n) is 5.86. The van der Waals surface area contributed by atoms with Gasteiger partial charge in [0.05, 0.1) is 0 Å². The minimum absolute atomic E-state index is 0.153. The average molecular weight is 314 g/mol. The monoisotopic (exact) mass is 314 g/mol. The zero-order chi connectivity index (χ0) is 16.6. The molecule has 0 fully saturated rings. The highest BCUT2D eigenvalue weighted by molar-refractivity contribution is 5.78. The standard InChI is InChI=1S/C17H30O5/c18-15(12-9-10-14-17(21)22)11-7-5-3-1-2-4-6-8-13-16(19)20/h1-14H2,(H,19,20)(H,21,22). The molecule has 0 spiro atoms. The van der Waals surface area contributed by atoms with Crippen LogP contribution in [0.25, 0.3) is 0 Å². The summed E-state index contributed by atoms with van der Waals surface area (Å²) in [6.07, 6.45) is 11.1. The van der Waals surface area contributed by atoms with E-state index in [4.69, 9.17) is 10.2 Å². The van der Waals surface area contributed by atoms with Crippen molar-refractivity contribution in [3.63, 3.8) is 0 Å². The molecule has 0 aliphatic carbocycles. The number of Topliss-reactive ketones (excluding diaryl/α,β-unsaturated/α-hetero) is 1. The number of carbonyl (C=O) groups excluding carboxylic acids is 1. The van der Waals surface area contributed by atoms with Crippen molar-refractivity contribution in [3.8, 4) is 0 Å². The van der Waals surface area contributed by atoms with Crippen LogP contribution in [0.1, 0.15) is 89.9 Å². The number of carboxylic acids is 2. The Labute approximate surface area is 133 Å². The minimum Gasteiger partial charge on any atom is -0.481 e. The molecule has 0 unspecified atom stereocenters. The number of rotatable bonds is 16. The van der Waals surface area contributed by atoms with E-state index in [9.17, 15) is 14.4 Å². The second kappa shape index (κ2) is 14.5. The lowest BCUT2D eigenvalue weighted by atomic mass is 10.0. The van der Waals surface area contributed by atoms with Gasteiger partial charge in [-0.25, -0.2) is 0 Å². The second-order valence-corrected chi connectivity index (χ2v) is 5.86. The number of carbonyl (C=O) groups is 3. The molecule has 0 bridgehead atoms. The maximum Gasteiger partial charge on any atom is 0.303 e. The Balaban J connectivity index is 3.20. The molecule has 0 rings (SSSR count). The fourth-order valence-corrected chi connectivity index (χ4v) is 2.38. The predicted molar refractivity (Wildman–Crippen MR) is 84.9 cm³/mol. The van der Waals surface area contributed by atoms with Crippen LogP contribution >= 0.6 is 0 Å². The van der Waals surface area contributed by atoms with Crippen molar-refractivity contribution < 1.29 is 24.6 Å². The lowest BCUT2D eigenvalue weighted by Crippen LogP contribution is -1.99. The fraction of sp³-hybridized carbons (Fsp3) is 0.824. The van der Waals surface area contributed by atoms with Crippen LogP contribution in [0.15, 0.2) is 0 Å². The molecule has 0 aromatic heterocycles. The maximum absolute atomic E-state index is 11.6. The van der Waals surface area contributed by atoms with Gasteiger partial charge in [0.1, 0.15) is 5.78 Å². The highest BCUT2D eigenvalue weighted by Crippen LogP contribution is 2.12. The third-order valence-corrected chi connectivity index (χ3v) is 3.69. The maximum atomic E-state index is 11.6. The molecule has 0 atom stereocenters. The largest absolute Gasteiger partial charge is 0.481 e. The number of ketones is 1. The first kappa shape index (κ1) is 20.6. The van der Waals surface area contributed by atoms with Crippen molar-refractivity contribution in [3.05, 3.63) is 0 Å². The molecule has 2 N–H and O–H groups in total. The molecule has 0 aromatic rings. The van der Waals surface area contributed by atoms with E-state index in [0.29, 0.717) is 25.7 Å². The molecule has 0 saturated carbocycles. The van der Waals surface area contributed by atoms with Gasteiger partial charge in [-0.1, -0.05) is 38.5 Å². The van der Waals surface area contributed by atoms with Gasteiger partial charge in [0, 0.05) is 25.7 Å². The van der Waals surface area contributed by atoms with Crippen LogP contribution in [0.4, 0.5) is 0 Å². The van der Waals surface area contributed by atoms with Crippen molar-refractivity contribution in [2.45, 2.75) is 89.9 Å². The van der Waals surface area contributed by atoms with Gasteiger partial charge >= 0.3 is 11.9 Å². The number of aliphatic carboxylic acids is 2. The zero-order valence-electron chi connectivity index (χ0n) is 13.5. The summed E-state index contributed by atoms with van der Waals surface area (Å²) in [7, 11) is 0. The summed E-state index contributed by atoms with van der Waals surface area (Å²) in [5.41, 5.74) is 0. The first-order valence-electron chi connectivity index (χ1n) is 8.47. The molecule has 0 saturated heterocycles. The van der Waals surface area contributed by atoms with Gasteiger partial charge in [-0.2, -0.15) is 0 Å². The van der Waals surface area contributed by atoms with Gasteiger partial charge in [-0.15, -0.1) is 0 Å². The Hall–Kier alpha value is -1.39. The Morgan fingerprint density at radius 3 is 1.14 bits per heavy atom. The first-order chi connectivity index (χ1) is 10.5. The van der Waals surface area contributed by atoms with E-state index in [-0.39, 0.29) is 18.6 Å². The number of hydrogen-bond acceptors (Lipinski definition) is 3. The van der Waals surface area contributed by atoms with Crippen LogP contribution in [0.2, 0.25) is 0 Å². The van der Waals surface area contributed by atoms with Crippen LogP contribution in [0.5, 0.6) is 0 Å². The summed E-state index contributed by atoms with van der Waals surface area (Å²) in [5.74, 6) is -1.26. The van der Waals surface area contributed by atoms with Gasteiger partial charge in [-0.3, -0.25) is 14.4 Å². The van der Waals surface area contributed by atoms with Crippen molar-refractivity contribution >= 4 is 17.7 Å². The van der Waals surface area contributed by atoms with E-state index >= 15 is 0 Å². The molecule has 0 aromatic carbocycles. The fourth-order valence-electron chi connectivity index (χ4n) is 2.38. The number of carboxylic acid groups (broad SMARTS) is 2. The van der Waals surface area contributed by atoms with Crippen LogP contribution < -0.4 is 0 Å². The van der Waals surface area contributed by atoms with Crippen molar-refractivity contribution in [2.24, 2.45) is 0 Å². The SMILES string of the molecule is O=C(O)CCCCCCCCCCC(=O)CCCCC(=O)O. The first-order valence-corrected chi connectivity index (χ1v) is 8.47. The van der Waals surface area contributed by atoms with Crippen molar-refractivity contribution in [2.75, 3.05) is 0 Å². The Bertz CT molecular complexity index is 325. The Morgan fingerprint density at radius 2 is 0.727 bits per heavy atom. The Kier molecular flexibility index (Phi) is 13.6. The van der Waals surface area contributed by atoms with E-state index in [1.165, 1.54) is 0 Å². The van der Waals surface area contributed by atoms with Gasteiger partial charge in [-0.05, 0) is 25.7 Å². The van der Waals surface area contributed by atoms with E-state index in [1.54, 1.807) is 0 Å². The average Bonchev–Trinajstić information content (AvgIpc) is 2.45. The summed E-state index contributed by atoms with van der Waals surface area (Å²) in [5, 5.41) is 17.0. The molecule has 0 aliphatic rings. The summed E-state index contributed by atoms with van der Waals surface area (Å²) in [4.78, 5) is 32.2. The smallest absolute Gasteiger partial charge is 0.303 e. The van der Waals surface area contributed by atoms with Gasteiger partial charge in [0.2, 0.25) is 0 Å². The quantitative estimate of drug-likeness (QED) is 0.417. The normalized spacial score (nSPS) is 10.5. The lowest BCUT2D eigenvalue weighted by Gasteiger charge is -2.02. The zero-order valence-corrected chi connectivity index (χ0v) is 13.5. The molecule has 5 heteroatoms. The molecule has 22 heavy (non-hydrogen) atoms. The summed E-state index contributed by atoms with van der Waals surface area (Å²) in [6.45, 7) is 0. The highest BCUT2D eigenvalue weighted by Gasteiger charge is 2.03. The van der Waals surface area contributed by atoms with E-state index in [1.807, 2.05) is 0 Å². The van der Waals surface area contributed by atoms with Crippen LogP contribution in [0, 0.1) is 0 Å². The third-order valence-electron chi connectivity index (χ3n) is 3.69. The van der Waals surface area contributed by atoms with Crippen LogP contribution in [-0.2, 0) is 14.4 Å². The van der Waals surface area contributed by atoms with Crippen LogP contribution in [0.3, 0.4) is 0 Å². The van der Waals surface area contributed by atoms with Crippen molar-refractivity contribution in [1.82, 2.24) is 0 Å². The predicted octanol–water partition coefficient (Wildman–Crippen LogP) is 4.19. The van der Waals surface area contributed by atoms with E-state index in [0.717, 1.165) is 51.4 Å². The molecule has 0 aliphatic heterocycles. The minimum atomic E-state index is -0.796. The van der Waals surface area contributed by atoms with Gasteiger partial charge in [0.25, 0.3) is 0 Å². The summed E-state index contributed by atoms with van der Waals surface area (Å²) >= 11 is 0. The summed E-state index contributed by atoms with van der Waals surface area (Å²) < 4.78 is 0. The molecule has 0 heterocycles. The van der Waals surface area contributed by atoms with Crippen LogP contribution in [-0.4, -0.2) is 27.9 Å². The molecular weight excluding hydrogens is 284 g/mol.